The first-order chi connectivity index (χ1) is 5.64. The highest BCUT2D eigenvalue weighted by molar-refractivity contribution is 7.87. The van der Waals surface area contributed by atoms with Gasteiger partial charge < -0.3 is 0 Å². The average Bonchev–Trinajstić information content (AvgIpc) is 2.81. The van der Waals surface area contributed by atoms with Crippen LogP contribution in [0, 0.1) is 5.92 Å². The number of rotatable bonds is 6. The van der Waals surface area contributed by atoms with Gasteiger partial charge in [0.25, 0.3) is 10.2 Å². The number of nitrogens with one attached hydrogen (secondary N) is 2. The van der Waals surface area contributed by atoms with Crippen LogP contribution in [0.1, 0.15) is 26.2 Å². The minimum atomic E-state index is -3.20. The summed E-state index contributed by atoms with van der Waals surface area (Å²) < 4.78 is 27.2. The van der Waals surface area contributed by atoms with Gasteiger partial charge in [-0.25, -0.2) is 9.44 Å². The predicted molar refractivity (Wildman–Crippen MR) is 47.9 cm³/mol. The molecule has 2 N–H and O–H groups in total. The molecule has 1 aliphatic carbocycles. The first-order valence-corrected chi connectivity index (χ1v) is 5.86. The normalized spacial score (nSPS) is 18.1. The van der Waals surface area contributed by atoms with E-state index in [0.717, 1.165) is 19.3 Å². The van der Waals surface area contributed by atoms with Crippen LogP contribution in [0.25, 0.3) is 0 Å². The molecule has 0 spiro atoms. The summed E-state index contributed by atoms with van der Waals surface area (Å²) >= 11 is 0. The van der Waals surface area contributed by atoms with Crippen molar-refractivity contribution in [2.24, 2.45) is 5.92 Å². The molecule has 12 heavy (non-hydrogen) atoms. The fraction of sp³-hybridized carbons (Fsp3) is 1.00. The lowest BCUT2D eigenvalue weighted by Crippen LogP contribution is -2.37. The molecule has 0 radical (unpaired) electrons. The van der Waals surface area contributed by atoms with E-state index in [1.165, 1.54) is 0 Å². The highest BCUT2D eigenvalue weighted by atomic mass is 32.2. The van der Waals surface area contributed by atoms with E-state index >= 15 is 0 Å². The molecule has 0 heterocycles. The Balaban J connectivity index is 2.17. The molecule has 0 aromatic carbocycles. The molecule has 0 saturated heterocycles. The molecular weight excluding hydrogens is 176 g/mol. The zero-order chi connectivity index (χ0) is 9.03. The van der Waals surface area contributed by atoms with E-state index in [-0.39, 0.29) is 0 Å². The van der Waals surface area contributed by atoms with E-state index in [0.29, 0.717) is 19.0 Å². The highest BCUT2D eigenvalue weighted by Crippen LogP contribution is 2.27. The van der Waals surface area contributed by atoms with Gasteiger partial charge in [0.1, 0.15) is 0 Å². The Morgan fingerprint density at radius 3 is 2.50 bits per heavy atom. The van der Waals surface area contributed by atoms with Crippen LogP contribution in [0.5, 0.6) is 0 Å². The molecule has 1 saturated carbocycles. The minimum absolute atomic E-state index is 0.514. The van der Waals surface area contributed by atoms with Crippen molar-refractivity contribution in [2.75, 3.05) is 13.1 Å². The summed E-state index contributed by atoms with van der Waals surface area (Å²) in [5.41, 5.74) is 0. The van der Waals surface area contributed by atoms with E-state index in [1.54, 1.807) is 0 Å². The van der Waals surface area contributed by atoms with Gasteiger partial charge in [0.2, 0.25) is 0 Å². The fourth-order valence-electron chi connectivity index (χ4n) is 0.837. The van der Waals surface area contributed by atoms with Crippen molar-refractivity contribution in [3.63, 3.8) is 0 Å². The maximum absolute atomic E-state index is 11.1. The molecule has 1 rings (SSSR count). The third-order valence-corrected chi connectivity index (χ3v) is 2.93. The van der Waals surface area contributed by atoms with E-state index < -0.39 is 10.2 Å². The third-order valence-electron chi connectivity index (χ3n) is 1.80. The summed E-state index contributed by atoms with van der Waals surface area (Å²) in [6.45, 7) is 3.04. The molecule has 0 unspecified atom stereocenters. The SMILES string of the molecule is CCCNS(=O)(=O)NCC1CC1. The molecule has 0 amide bonds. The van der Waals surface area contributed by atoms with Gasteiger partial charge in [-0.1, -0.05) is 6.92 Å². The van der Waals surface area contributed by atoms with Crippen LogP contribution in [0.15, 0.2) is 0 Å². The molecular formula is C7H16N2O2S. The molecule has 4 nitrogen and oxygen atoms in total. The van der Waals surface area contributed by atoms with E-state index in [1.807, 2.05) is 6.92 Å². The standard InChI is InChI=1S/C7H16N2O2S/c1-2-5-8-12(10,11)9-6-7-3-4-7/h7-9H,2-6H2,1H3. The molecule has 72 valence electrons. The molecule has 0 aromatic rings. The Labute approximate surface area is 73.9 Å². The molecule has 1 fully saturated rings. The minimum Gasteiger partial charge on any atom is -0.202 e. The first-order valence-electron chi connectivity index (χ1n) is 4.38. The Bertz CT molecular complexity index is 222. The topological polar surface area (TPSA) is 58.2 Å². The summed E-state index contributed by atoms with van der Waals surface area (Å²) in [7, 11) is -3.20. The van der Waals surface area contributed by atoms with Gasteiger partial charge in [0, 0.05) is 13.1 Å². The monoisotopic (exact) mass is 192 g/mol. The second kappa shape index (κ2) is 4.20. The van der Waals surface area contributed by atoms with Crippen molar-refractivity contribution in [2.45, 2.75) is 26.2 Å². The summed E-state index contributed by atoms with van der Waals surface area (Å²) in [6, 6.07) is 0. The van der Waals surface area contributed by atoms with Crippen molar-refractivity contribution in [1.29, 1.82) is 0 Å². The summed E-state index contributed by atoms with van der Waals surface area (Å²) in [4.78, 5) is 0. The van der Waals surface area contributed by atoms with Crippen LogP contribution in [-0.2, 0) is 10.2 Å². The van der Waals surface area contributed by atoms with Crippen LogP contribution in [0.3, 0.4) is 0 Å². The van der Waals surface area contributed by atoms with E-state index in [9.17, 15) is 8.42 Å². The average molecular weight is 192 g/mol. The smallest absolute Gasteiger partial charge is 0.202 e. The summed E-state index contributed by atoms with van der Waals surface area (Å²) in [5, 5.41) is 0. The zero-order valence-corrected chi connectivity index (χ0v) is 8.15. The second-order valence-electron chi connectivity index (χ2n) is 3.19. The van der Waals surface area contributed by atoms with Gasteiger partial charge in [0.05, 0.1) is 0 Å². The molecule has 0 atom stereocenters. The van der Waals surface area contributed by atoms with Gasteiger partial charge in [-0.2, -0.15) is 8.42 Å². The largest absolute Gasteiger partial charge is 0.276 e. The quantitative estimate of drug-likeness (QED) is 0.633. The van der Waals surface area contributed by atoms with Gasteiger partial charge in [-0.3, -0.25) is 0 Å². The molecule has 0 bridgehead atoms. The Morgan fingerprint density at radius 2 is 2.00 bits per heavy atom. The molecule has 0 aliphatic heterocycles. The zero-order valence-electron chi connectivity index (χ0n) is 7.34. The summed E-state index contributed by atoms with van der Waals surface area (Å²) in [6.07, 6.45) is 3.15. The Hall–Kier alpha value is -0.130. The van der Waals surface area contributed by atoms with Gasteiger partial charge >= 0.3 is 0 Å². The van der Waals surface area contributed by atoms with Crippen LogP contribution in [0.2, 0.25) is 0 Å². The predicted octanol–water partition coefficient (Wildman–Crippen LogP) is 0.230. The van der Waals surface area contributed by atoms with Gasteiger partial charge in [-0.05, 0) is 25.2 Å². The van der Waals surface area contributed by atoms with Crippen LogP contribution < -0.4 is 9.44 Å². The molecule has 1 aliphatic rings. The second-order valence-corrected chi connectivity index (χ2v) is 4.77. The van der Waals surface area contributed by atoms with E-state index in [4.69, 9.17) is 0 Å². The van der Waals surface area contributed by atoms with Gasteiger partial charge in [0.15, 0.2) is 0 Å². The maximum atomic E-state index is 11.1. The van der Waals surface area contributed by atoms with Crippen molar-refractivity contribution >= 4 is 10.2 Å². The van der Waals surface area contributed by atoms with Crippen molar-refractivity contribution in [3.05, 3.63) is 0 Å². The Kier molecular flexibility index (Phi) is 3.49. The number of hydrogen-bond acceptors (Lipinski definition) is 2. The van der Waals surface area contributed by atoms with Crippen molar-refractivity contribution in [1.82, 2.24) is 9.44 Å². The molecule has 0 aromatic heterocycles. The lowest BCUT2D eigenvalue weighted by Gasteiger charge is -2.05. The maximum Gasteiger partial charge on any atom is 0.276 e. The van der Waals surface area contributed by atoms with Gasteiger partial charge in [-0.15, -0.1) is 0 Å². The third kappa shape index (κ3) is 4.04. The van der Waals surface area contributed by atoms with E-state index in [2.05, 4.69) is 9.44 Å². The first kappa shape index (κ1) is 9.95. The lowest BCUT2D eigenvalue weighted by molar-refractivity contribution is 0.562. The fourth-order valence-corrected chi connectivity index (χ4v) is 1.87. The molecule has 5 heteroatoms. The lowest BCUT2D eigenvalue weighted by atomic mass is 10.4. The van der Waals surface area contributed by atoms with Crippen LogP contribution in [-0.4, -0.2) is 21.5 Å². The highest BCUT2D eigenvalue weighted by Gasteiger charge is 2.22. The Morgan fingerprint density at radius 1 is 1.33 bits per heavy atom. The summed E-state index contributed by atoms with van der Waals surface area (Å²) in [5.74, 6) is 0.586. The van der Waals surface area contributed by atoms with Crippen molar-refractivity contribution in [3.8, 4) is 0 Å². The van der Waals surface area contributed by atoms with Crippen molar-refractivity contribution < 1.29 is 8.42 Å². The number of hydrogen-bond donors (Lipinski definition) is 2. The van der Waals surface area contributed by atoms with Crippen LogP contribution >= 0.6 is 0 Å². The van der Waals surface area contributed by atoms with Crippen LogP contribution in [0.4, 0.5) is 0 Å².